The Morgan fingerprint density at radius 1 is 1.62 bits per heavy atom. The lowest BCUT2D eigenvalue weighted by Crippen LogP contribution is -2.23. The number of carbonyl (C=O) groups is 1. The lowest BCUT2D eigenvalue weighted by atomic mass is 9.93. The third kappa shape index (κ3) is 2.24. The van der Waals surface area contributed by atoms with E-state index in [4.69, 9.17) is 9.84 Å². The van der Waals surface area contributed by atoms with Crippen LogP contribution in [0, 0.1) is 5.92 Å². The van der Waals surface area contributed by atoms with Gasteiger partial charge in [-0.15, -0.1) is 0 Å². The van der Waals surface area contributed by atoms with E-state index in [1.54, 1.807) is 12.5 Å². The normalized spacial score (nSPS) is 19.6. The largest absolute Gasteiger partial charge is 0.476 e. The molecule has 0 spiro atoms. The van der Waals surface area contributed by atoms with Gasteiger partial charge in [-0.05, 0) is 25.7 Å². The van der Waals surface area contributed by atoms with Gasteiger partial charge in [0.2, 0.25) is 0 Å². The first kappa shape index (κ1) is 11.1. The van der Waals surface area contributed by atoms with Crippen molar-refractivity contribution >= 4 is 5.97 Å². The minimum Gasteiger partial charge on any atom is -0.476 e. The van der Waals surface area contributed by atoms with Crippen molar-refractivity contribution in [3.8, 4) is 0 Å². The van der Waals surface area contributed by atoms with Gasteiger partial charge in [0.05, 0.1) is 6.33 Å². The topological polar surface area (TPSA) is 64.4 Å². The molecule has 1 atom stereocenters. The van der Waals surface area contributed by atoms with E-state index in [0.29, 0.717) is 5.92 Å². The van der Waals surface area contributed by atoms with Gasteiger partial charge >= 0.3 is 5.97 Å². The van der Waals surface area contributed by atoms with Crippen molar-refractivity contribution in [2.24, 2.45) is 5.92 Å². The smallest absolute Gasteiger partial charge is 0.356 e. The summed E-state index contributed by atoms with van der Waals surface area (Å²) in [5.74, 6) is -0.428. The highest BCUT2D eigenvalue weighted by atomic mass is 16.5. The molecule has 1 aliphatic heterocycles. The molecule has 1 aliphatic rings. The molecule has 0 bridgehead atoms. The second-order valence-corrected chi connectivity index (χ2v) is 4.20. The summed E-state index contributed by atoms with van der Waals surface area (Å²) in [6, 6.07) is 0.282. The van der Waals surface area contributed by atoms with Crippen LogP contribution in [0.25, 0.3) is 0 Å². The first-order valence-corrected chi connectivity index (χ1v) is 5.53. The number of carboxylic acid groups (broad SMARTS) is 1. The maximum Gasteiger partial charge on any atom is 0.356 e. The zero-order chi connectivity index (χ0) is 11.5. The van der Waals surface area contributed by atoms with E-state index in [0.717, 1.165) is 26.1 Å². The van der Waals surface area contributed by atoms with Crippen molar-refractivity contribution < 1.29 is 14.6 Å². The summed E-state index contributed by atoms with van der Waals surface area (Å²) in [5.41, 5.74) is 0.110. The first-order chi connectivity index (χ1) is 7.68. The molecule has 2 rings (SSSR count). The summed E-state index contributed by atoms with van der Waals surface area (Å²) in [5, 5.41) is 8.79. The Bertz CT molecular complexity index is 369. The zero-order valence-corrected chi connectivity index (χ0v) is 9.30. The molecule has 0 amide bonds. The van der Waals surface area contributed by atoms with Gasteiger partial charge < -0.3 is 14.4 Å². The molecule has 1 aromatic rings. The van der Waals surface area contributed by atoms with Crippen LogP contribution < -0.4 is 0 Å². The fourth-order valence-corrected chi connectivity index (χ4v) is 2.11. The quantitative estimate of drug-likeness (QED) is 0.846. The van der Waals surface area contributed by atoms with Gasteiger partial charge in [0.25, 0.3) is 0 Å². The van der Waals surface area contributed by atoms with Crippen molar-refractivity contribution in [1.29, 1.82) is 0 Å². The Morgan fingerprint density at radius 3 is 2.88 bits per heavy atom. The predicted octanol–water partition coefficient (Wildman–Crippen LogP) is 1.57. The van der Waals surface area contributed by atoms with Gasteiger partial charge in [0.1, 0.15) is 0 Å². The number of imidazole rings is 1. The molecular formula is C11H16N2O3. The number of aromatic nitrogens is 2. The van der Waals surface area contributed by atoms with Crippen LogP contribution in [0.4, 0.5) is 0 Å². The molecule has 88 valence electrons. The predicted molar refractivity (Wildman–Crippen MR) is 57.4 cm³/mol. The van der Waals surface area contributed by atoms with Gasteiger partial charge in [-0.1, -0.05) is 0 Å². The number of aromatic carboxylic acids is 1. The Balaban J connectivity index is 2.07. The van der Waals surface area contributed by atoms with E-state index < -0.39 is 5.97 Å². The number of rotatable bonds is 3. The van der Waals surface area contributed by atoms with Crippen LogP contribution in [-0.2, 0) is 4.74 Å². The monoisotopic (exact) mass is 224 g/mol. The highest BCUT2D eigenvalue weighted by molar-refractivity contribution is 5.84. The summed E-state index contributed by atoms with van der Waals surface area (Å²) in [6.45, 7) is 3.70. The standard InChI is InChI=1S/C11H16N2O3/c1-8(9-2-4-16-5-3-9)13-6-10(11(14)15)12-7-13/h6-9H,2-5H2,1H3,(H,14,15)/t8-/m0/s1. The Morgan fingerprint density at radius 2 is 2.31 bits per heavy atom. The fraction of sp³-hybridized carbons (Fsp3) is 0.636. The molecule has 1 aromatic heterocycles. The number of hydrogen-bond donors (Lipinski definition) is 1. The van der Waals surface area contributed by atoms with Crippen molar-refractivity contribution in [2.45, 2.75) is 25.8 Å². The highest BCUT2D eigenvalue weighted by Crippen LogP contribution is 2.27. The van der Waals surface area contributed by atoms with Crippen LogP contribution >= 0.6 is 0 Å². The van der Waals surface area contributed by atoms with Crippen molar-refractivity contribution in [2.75, 3.05) is 13.2 Å². The highest BCUT2D eigenvalue weighted by Gasteiger charge is 2.22. The van der Waals surface area contributed by atoms with Crippen LogP contribution in [-0.4, -0.2) is 33.8 Å². The summed E-state index contributed by atoms with van der Waals surface area (Å²) in [6.07, 6.45) is 5.26. The van der Waals surface area contributed by atoms with Crippen LogP contribution in [0.1, 0.15) is 36.3 Å². The van der Waals surface area contributed by atoms with Gasteiger partial charge in [-0.25, -0.2) is 9.78 Å². The van der Waals surface area contributed by atoms with Crippen molar-refractivity contribution in [3.63, 3.8) is 0 Å². The minimum atomic E-state index is -0.974. The summed E-state index contributed by atoms with van der Waals surface area (Å²) < 4.78 is 7.20. The van der Waals surface area contributed by atoms with Crippen molar-refractivity contribution in [3.05, 3.63) is 18.2 Å². The molecular weight excluding hydrogens is 208 g/mol. The SMILES string of the molecule is C[C@@H](C1CCOCC1)n1cnc(C(=O)O)c1. The third-order valence-corrected chi connectivity index (χ3v) is 3.24. The number of hydrogen-bond acceptors (Lipinski definition) is 3. The summed E-state index contributed by atoms with van der Waals surface area (Å²) in [7, 11) is 0. The first-order valence-electron chi connectivity index (χ1n) is 5.53. The zero-order valence-electron chi connectivity index (χ0n) is 9.30. The molecule has 1 N–H and O–H groups in total. The molecule has 0 unspecified atom stereocenters. The molecule has 0 radical (unpaired) electrons. The molecule has 0 aliphatic carbocycles. The van der Waals surface area contributed by atoms with E-state index in [1.165, 1.54) is 0 Å². The molecule has 2 heterocycles. The van der Waals surface area contributed by atoms with Crippen LogP contribution in [0.2, 0.25) is 0 Å². The van der Waals surface area contributed by atoms with E-state index >= 15 is 0 Å². The Labute approximate surface area is 94.1 Å². The van der Waals surface area contributed by atoms with Crippen LogP contribution in [0.5, 0.6) is 0 Å². The van der Waals surface area contributed by atoms with Gasteiger partial charge in [-0.3, -0.25) is 0 Å². The van der Waals surface area contributed by atoms with Crippen LogP contribution in [0.15, 0.2) is 12.5 Å². The number of carboxylic acids is 1. The second-order valence-electron chi connectivity index (χ2n) is 4.20. The molecule has 1 fully saturated rings. The fourth-order valence-electron chi connectivity index (χ4n) is 2.11. The summed E-state index contributed by atoms with van der Waals surface area (Å²) >= 11 is 0. The molecule has 5 nitrogen and oxygen atoms in total. The second kappa shape index (κ2) is 4.65. The lowest BCUT2D eigenvalue weighted by Gasteiger charge is -2.28. The van der Waals surface area contributed by atoms with E-state index in [9.17, 15) is 4.79 Å². The van der Waals surface area contributed by atoms with E-state index in [-0.39, 0.29) is 11.7 Å². The van der Waals surface area contributed by atoms with Gasteiger partial charge in [0.15, 0.2) is 5.69 Å². The average Bonchev–Trinajstić information content (AvgIpc) is 2.78. The molecule has 16 heavy (non-hydrogen) atoms. The van der Waals surface area contributed by atoms with E-state index in [1.807, 2.05) is 4.57 Å². The molecule has 0 aromatic carbocycles. The maximum atomic E-state index is 10.7. The van der Waals surface area contributed by atoms with Crippen molar-refractivity contribution in [1.82, 2.24) is 9.55 Å². The molecule has 1 saturated heterocycles. The Hall–Kier alpha value is -1.36. The molecule has 0 saturated carbocycles. The average molecular weight is 224 g/mol. The number of ether oxygens (including phenoxy) is 1. The van der Waals surface area contributed by atoms with E-state index in [2.05, 4.69) is 11.9 Å². The third-order valence-electron chi connectivity index (χ3n) is 3.24. The van der Waals surface area contributed by atoms with Gasteiger partial charge in [0, 0.05) is 25.5 Å². The van der Waals surface area contributed by atoms with Crippen LogP contribution in [0.3, 0.4) is 0 Å². The lowest BCUT2D eigenvalue weighted by molar-refractivity contribution is 0.0512. The maximum absolute atomic E-state index is 10.7. The van der Waals surface area contributed by atoms with Gasteiger partial charge in [-0.2, -0.15) is 0 Å². The summed E-state index contributed by atoms with van der Waals surface area (Å²) in [4.78, 5) is 14.6. The molecule has 5 heteroatoms. The minimum absolute atomic E-state index is 0.110. The Kier molecular flexibility index (Phi) is 3.24. The number of nitrogens with zero attached hydrogens (tertiary/aromatic N) is 2.